The molecule has 4 rings (SSSR count). The maximum atomic E-state index is 12.1. The van der Waals surface area contributed by atoms with Gasteiger partial charge in [-0.3, -0.25) is 24.6 Å². The first kappa shape index (κ1) is 40.0. The van der Waals surface area contributed by atoms with Crippen LogP contribution in [-0.2, 0) is 4.79 Å². The van der Waals surface area contributed by atoms with Crippen molar-refractivity contribution in [1.29, 1.82) is 0 Å². The van der Waals surface area contributed by atoms with Gasteiger partial charge in [0.15, 0.2) is 50.9 Å². The van der Waals surface area contributed by atoms with Crippen molar-refractivity contribution in [1.82, 2.24) is 15.6 Å². The van der Waals surface area contributed by atoms with Crippen LogP contribution < -0.4 is 45.3 Å². The molecule has 0 bridgehead atoms. The van der Waals surface area contributed by atoms with Crippen molar-refractivity contribution >= 4 is 63.6 Å². The minimum atomic E-state index is -0.578. The third kappa shape index (κ3) is 11.5. The highest BCUT2D eigenvalue weighted by Crippen LogP contribution is 2.30. The van der Waals surface area contributed by atoms with Crippen molar-refractivity contribution in [2.24, 2.45) is 10.8 Å². The number of aromatic nitrogens is 2. The number of hydrogen-bond acceptors (Lipinski definition) is 16. The molecule has 0 radical (unpaired) electrons. The first-order valence-electron chi connectivity index (χ1n) is 13.9. The van der Waals surface area contributed by atoms with E-state index in [1.807, 2.05) is 0 Å². The van der Waals surface area contributed by atoms with E-state index < -0.39 is 5.78 Å². The normalized spacial score (nSPS) is 9.88. The highest BCUT2D eigenvalue weighted by molar-refractivity contribution is 7.80. The number of nitrogens with zero attached hydrogens (tertiary/aromatic N) is 3. The van der Waals surface area contributed by atoms with Crippen molar-refractivity contribution in [2.75, 3.05) is 48.4 Å². The van der Waals surface area contributed by atoms with Crippen molar-refractivity contribution in [3.63, 3.8) is 0 Å². The number of carbonyl (C=O) groups excluding carboxylic acids is 4. The van der Waals surface area contributed by atoms with Crippen LogP contribution in [0, 0.1) is 0 Å². The van der Waals surface area contributed by atoms with Crippen LogP contribution >= 0.6 is 23.6 Å². The van der Waals surface area contributed by atoms with Crippen molar-refractivity contribution in [3.8, 4) is 34.5 Å². The molecule has 0 aliphatic rings. The van der Waals surface area contributed by atoms with Gasteiger partial charge in [-0.05, 0) is 66.8 Å². The smallest absolute Gasteiger partial charge is 0.225 e. The van der Waals surface area contributed by atoms with E-state index in [4.69, 9.17) is 39.9 Å². The Hall–Kier alpha value is -6.14. The molecule has 0 aliphatic heterocycles. The number of carbonyl (C=O) groups is 4. The van der Waals surface area contributed by atoms with Gasteiger partial charge >= 0.3 is 0 Å². The number of nitrogen functional groups attached to an aromatic ring is 1. The molecule has 0 amide bonds. The lowest BCUT2D eigenvalue weighted by Gasteiger charge is -2.08. The lowest BCUT2D eigenvalue weighted by molar-refractivity contribution is -0.104. The molecule has 50 heavy (non-hydrogen) atoms. The summed E-state index contributed by atoms with van der Waals surface area (Å²) in [6.45, 7) is 0. The number of ketones is 3. The lowest BCUT2D eigenvalue weighted by atomic mass is 10.1. The molecule has 4 aromatic rings. The van der Waals surface area contributed by atoms with E-state index in [0.717, 1.165) is 17.6 Å². The second kappa shape index (κ2) is 20.3. The fourth-order valence-corrected chi connectivity index (χ4v) is 4.33. The lowest BCUT2D eigenvalue weighted by Crippen LogP contribution is -2.24. The van der Waals surface area contributed by atoms with E-state index in [-0.39, 0.29) is 38.7 Å². The average Bonchev–Trinajstić information content (AvgIpc) is 3.59. The molecule has 0 saturated heterocycles. The topological polar surface area (TPSA) is 226 Å². The summed E-state index contributed by atoms with van der Waals surface area (Å²) in [7, 11) is 9.02. The number of thiocarbonyl (C=S) groups is 1. The predicted molar refractivity (Wildman–Crippen MR) is 190 cm³/mol. The van der Waals surface area contributed by atoms with E-state index in [9.17, 15) is 19.2 Å². The van der Waals surface area contributed by atoms with Crippen LogP contribution in [0.4, 0.5) is 5.13 Å². The Morgan fingerprint density at radius 1 is 0.700 bits per heavy atom. The summed E-state index contributed by atoms with van der Waals surface area (Å²) in [4.78, 5) is 45.1. The average molecular weight is 727 g/mol. The zero-order valence-electron chi connectivity index (χ0n) is 27.7. The van der Waals surface area contributed by atoms with E-state index in [0.29, 0.717) is 45.6 Å². The molecular weight excluding hydrogens is 693 g/mol. The van der Waals surface area contributed by atoms with E-state index in [1.54, 1.807) is 42.5 Å². The number of hydrazone groups is 1. The zero-order chi connectivity index (χ0) is 37.2. The number of anilines is 1. The molecule has 3 aromatic carbocycles. The Balaban J connectivity index is 0.000000263. The van der Waals surface area contributed by atoms with Crippen LogP contribution in [0.2, 0.25) is 0 Å². The molecule has 0 spiro atoms. The van der Waals surface area contributed by atoms with Gasteiger partial charge in [-0.25, -0.2) is 0 Å². The second-order valence-corrected chi connectivity index (χ2v) is 10.5. The Morgan fingerprint density at radius 3 is 1.50 bits per heavy atom. The van der Waals surface area contributed by atoms with Crippen LogP contribution in [0.15, 0.2) is 59.7 Å². The van der Waals surface area contributed by atoms with Crippen LogP contribution in [0.25, 0.3) is 0 Å². The number of benzene rings is 3. The molecule has 18 heteroatoms. The molecule has 0 fully saturated rings. The molecule has 5 N–H and O–H groups in total. The van der Waals surface area contributed by atoms with Crippen molar-refractivity contribution in [3.05, 3.63) is 76.3 Å². The number of nitrogens with two attached hydrogens (primary N) is 2. The van der Waals surface area contributed by atoms with Gasteiger partial charge in [-0.15, -0.1) is 10.2 Å². The summed E-state index contributed by atoms with van der Waals surface area (Å²) in [6, 6.07) is 14.3. The molecule has 1 heterocycles. The van der Waals surface area contributed by atoms with Gasteiger partial charge in [0.05, 0.1) is 48.9 Å². The van der Waals surface area contributed by atoms with Gasteiger partial charge < -0.3 is 39.9 Å². The second-order valence-electron chi connectivity index (χ2n) is 9.06. The van der Waals surface area contributed by atoms with Crippen LogP contribution in [0.3, 0.4) is 0 Å². The third-order valence-corrected chi connectivity index (χ3v) is 6.92. The van der Waals surface area contributed by atoms with E-state index in [2.05, 4.69) is 32.9 Å². The number of methoxy groups -OCH3 is 6. The SMILES string of the molecule is COc1ccc(C(=O)/C=N/NC(N)=S)cc1OC.COc1ccc(C(=O)C=O)cc1OC.COc1ccc(C(=O)c2nnc(N)s2)cc1OC. The fourth-order valence-electron chi connectivity index (χ4n) is 3.70. The highest BCUT2D eigenvalue weighted by atomic mass is 32.1. The van der Waals surface area contributed by atoms with Gasteiger partial charge in [-0.1, -0.05) is 11.3 Å². The predicted octanol–water partition coefficient (Wildman–Crippen LogP) is 3.16. The Kier molecular flexibility index (Phi) is 16.2. The third-order valence-electron chi connectivity index (χ3n) is 6.08. The molecule has 0 saturated carbocycles. The minimum absolute atomic E-state index is 0.00800. The Bertz CT molecular complexity index is 1850. The summed E-state index contributed by atoms with van der Waals surface area (Å²) in [5, 5.41) is 11.4. The van der Waals surface area contributed by atoms with Gasteiger partial charge in [0, 0.05) is 16.7 Å². The first-order valence-corrected chi connectivity index (χ1v) is 15.1. The largest absolute Gasteiger partial charge is 0.493 e. The molecule has 0 unspecified atom stereocenters. The van der Waals surface area contributed by atoms with Crippen LogP contribution in [0.5, 0.6) is 34.5 Å². The number of nitrogens with one attached hydrogen (secondary N) is 1. The monoisotopic (exact) mass is 726 g/mol. The Morgan fingerprint density at radius 2 is 1.12 bits per heavy atom. The van der Waals surface area contributed by atoms with E-state index >= 15 is 0 Å². The number of ether oxygens (including phenoxy) is 6. The standard InChI is InChI=1S/C11H11N3O3S.C11H13N3O3S.C10H10O4/c1-16-7-4-3-6(5-8(7)17-2)9(15)10-13-14-11(12)18-10;1-16-9-4-3-7(5-10(9)17-2)8(15)6-13-14-11(12)18;1-13-9-4-3-7(8(12)6-11)5-10(9)14-2/h3-5H,1-2H3,(H2,12,14);3-6H,1-2H3,(H3,12,14,18);3-6H,1-2H3/b;13-6+;. The van der Waals surface area contributed by atoms with Gasteiger partial charge in [-0.2, -0.15) is 5.10 Å². The zero-order valence-corrected chi connectivity index (χ0v) is 29.4. The van der Waals surface area contributed by atoms with E-state index in [1.165, 1.54) is 54.8 Å². The maximum absolute atomic E-state index is 12.1. The maximum Gasteiger partial charge on any atom is 0.225 e. The summed E-state index contributed by atoms with van der Waals surface area (Å²) < 4.78 is 30.4. The van der Waals surface area contributed by atoms with Gasteiger partial charge in [0.1, 0.15) is 0 Å². The number of rotatable bonds is 13. The Labute approximate surface area is 296 Å². The van der Waals surface area contributed by atoms with Gasteiger partial charge in [0.2, 0.25) is 22.5 Å². The number of hydrogen-bond donors (Lipinski definition) is 3. The summed E-state index contributed by atoms with van der Waals surface area (Å²) in [5.41, 5.74) is 14.1. The number of aldehydes is 1. The number of Topliss-reactive ketones (excluding diaryl/α,β-unsaturated/α-hetero) is 2. The summed E-state index contributed by atoms with van der Waals surface area (Å²) in [6.07, 6.45) is 1.35. The van der Waals surface area contributed by atoms with Crippen LogP contribution in [-0.4, -0.2) is 87.8 Å². The van der Waals surface area contributed by atoms with Crippen LogP contribution in [0.1, 0.15) is 36.1 Å². The highest BCUT2D eigenvalue weighted by Gasteiger charge is 2.17. The van der Waals surface area contributed by atoms with Gasteiger partial charge in [0.25, 0.3) is 0 Å². The summed E-state index contributed by atoms with van der Waals surface area (Å²) >= 11 is 5.59. The molecule has 264 valence electrons. The minimum Gasteiger partial charge on any atom is -0.493 e. The van der Waals surface area contributed by atoms with Crippen molar-refractivity contribution in [2.45, 2.75) is 0 Å². The molecular formula is C32H34N6O10S2. The fraction of sp³-hybridized carbons (Fsp3) is 0.188. The molecule has 0 atom stereocenters. The van der Waals surface area contributed by atoms with Crippen molar-refractivity contribution < 1.29 is 47.6 Å². The quantitative estimate of drug-likeness (QED) is 0.0449. The molecule has 0 aliphatic carbocycles. The molecule has 1 aromatic heterocycles. The first-order chi connectivity index (χ1) is 24.0. The summed E-state index contributed by atoms with van der Waals surface area (Å²) in [5.74, 6) is 1.89. The molecule has 16 nitrogen and oxygen atoms in total.